The summed E-state index contributed by atoms with van der Waals surface area (Å²) in [6, 6.07) is 0. The molecule has 7 rings (SSSR count). The summed E-state index contributed by atoms with van der Waals surface area (Å²) in [5, 5.41) is 12.6. The van der Waals surface area contributed by atoms with Crippen LogP contribution in [0, 0.1) is 75.4 Å². The number of fused-ring (bicyclic) bond motifs is 7. The van der Waals surface area contributed by atoms with Crippen molar-refractivity contribution in [1.29, 1.82) is 0 Å². The van der Waals surface area contributed by atoms with E-state index in [9.17, 15) is 24.3 Å². The average Bonchev–Trinajstić information content (AvgIpc) is 3.68. The van der Waals surface area contributed by atoms with Crippen molar-refractivity contribution in [2.45, 2.75) is 119 Å². The number of hydrogen-bond donors (Lipinski definition) is 3. The Morgan fingerprint density at radius 2 is 1.80 bits per heavy atom. The average molecular weight is 674 g/mol. The quantitative estimate of drug-likeness (QED) is 0.247. The molecule has 1 heterocycles. The SMILES string of the molecule is CC(C)C1=C2C3CCC4C(CCC5C(C)(C)C(CC(=O)C6CC(C(=O)O)C6C)CCC45C)C3CCC2(CCNC(=O)c2ncc[nH]2)CC1=O. The molecule has 5 saturated carbocycles. The number of carbonyl (C=O) groups excluding carboxylic acids is 3. The van der Waals surface area contributed by atoms with Gasteiger partial charge in [-0.05, 0) is 128 Å². The predicted octanol–water partition coefficient (Wildman–Crippen LogP) is 7.66. The summed E-state index contributed by atoms with van der Waals surface area (Å²) in [5.74, 6) is 3.07. The molecule has 1 amide bonds. The molecule has 6 aliphatic carbocycles. The second-order valence-corrected chi connectivity index (χ2v) is 18.5. The summed E-state index contributed by atoms with van der Waals surface area (Å²) in [6.45, 7) is 14.3. The minimum atomic E-state index is -0.758. The van der Waals surface area contributed by atoms with Crippen LogP contribution < -0.4 is 5.32 Å². The van der Waals surface area contributed by atoms with E-state index in [1.54, 1.807) is 12.4 Å². The molecule has 0 spiro atoms. The van der Waals surface area contributed by atoms with Gasteiger partial charge in [0.25, 0.3) is 5.91 Å². The zero-order chi connectivity index (χ0) is 35.0. The van der Waals surface area contributed by atoms with Gasteiger partial charge in [0.05, 0.1) is 5.92 Å². The molecule has 8 nitrogen and oxygen atoms in total. The highest BCUT2D eigenvalue weighted by molar-refractivity contribution is 6.00. The zero-order valence-corrected chi connectivity index (χ0v) is 30.6. The van der Waals surface area contributed by atoms with Crippen LogP contribution in [0.15, 0.2) is 23.5 Å². The van der Waals surface area contributed by atoms with Crippen LogP contribution in [0.2, 0.25) is 0 Å². The molecule has 268 valence electrons. The number of rotatable bonds is 9. The number of carboxylic acid groups (broad SMARTS) is 1. The van der Waals surface area contributed by atoms with E-state index in [0.717, 1.165) is 37.7 Å². The van der Waals surface area contributed by atoms with Gasteiger partial charge in [0, 0.05) is 43.1 Å². The van der Waals surface area contributed by atoms with Crippen molar-refractivity contribution in [3.8, 4) is 0 Å². The van der Waals surface area contributed by atoms with E-state index in [1.165, 1.54) is 31.3 Å². The molecule has 0 bridgehead atoms. The highest BCUT2D eigenvalue weighted by Gasteiger charge is 2.63. The molecule has 1 aromatic rings. The lowest BCUT2D eigenvalue weighted by molar-refractivity contribution is -0.162. The fourth-order valence-electron chi connectivity index (χ4n) is 13.4. The Kier molecular flexibility index (Phi) is 8.82. The summed E-state index contributed by atoms with van der Waals surface area (Å²) in [4.78, 5) is 58.5. The topological polar surface area (TPSA) is 129 Å². The fraction of sp³-hybridized carbons (Fsp3) is 0.780. The third-order valence-corrected chi connectivity index (χ3v) is 15.9. The minimum absolute atomic E-state index is 0.0520. The van der Waals surface area contributed by atoms with Gasteiger partial charge < -0.3 is 15.4 Å². The van der Waals surface area contributed by atoms with Crippen LogP contribution in [-0.2, 0) is 14.4 Å². The number of hydrogen-bond acceptors (Lipinski definition) is 5. The second-order valence-electron chi connectivity index (χ2n) is 18.5. The molecule has 11 atom stereocenters. The largest absolute Gasteiger partial charge is 0.481 e. The molecule has 6 aliphatic rings. The molecule has 0 aliphatic heterocycles. The number of aliphatic carboxylic acids is 1. The van der Waals surface area contributed by atoms with Crippen LogP contribution in [0.3, 0.4) is 0 Å². The van der Waals surface area contributed by atoms with Gasteiger partial charge in [-0.3, -0.25) is 19.2 Å². The third kappa shape index (κ3) is 5.48. The molecular formula is C41H59N3O5. The van der Waals surface area contributed by atoms with Gasteiger partial charge in [-0.1, -0.05) is 47.1 Å². The van der Waals surface area contributed by atoms with Crippen molar-refractivity contribution in [3.63, 3.8) is 0 Å². The van der Waals surface area contributed by atoms with Crippen molar-refractivity contribution in [3.05, 3.63) is 29.4 Å². The highest BCUT2D eigenvalue weighted by Crippen LogP contribution is 2.70. The number of nitrogens with zero attached hydrogens (tertiary/aromatic N) is 1. The highest BCUT2D eigenvalue weighted by atomic mass is 16.4. The maximum Gasteiger partial charge on any atom is 0.306 e. The second kappa shape index (κ2) is 12.5. The van der Waals surface area contributed by atoms with Gasteiger partial charge in [-0.15, -0.1) is 0 Å². The monoisotopic (exact) mass is 673 g/mol. The van der Waals surface area contributed by atoms with Crippen LogP contribution in [0.4, 0.5) is 0 Å². The van der Waals surface area contributed by atoms with Crippen LogP contribution >= 0.6 is 0 Å². The van der Waals surface area contributed by atoms with Crippen molar-refractivity contribution < 1.29 is 24.3 Å². The van der Waals surface area contributed by atoms with Crippen LogP contribution in [0.1, 0.15) is 129 Å². The maximum absolute atomic E-state index is 13.8. The van der Waals surface area contributed by atoms with Crippen molar-refractivity contribution in [2.24, 2.45) is 75.4 Å². The minimum Gasteiger partial charge on any atom is -0.481 e. The van der Waals surface area contributed by atoms with Crippen LogP contribution in [0.5, 0.6) is 0 Å². The molecule has 0 saturated heterocycles. The Hall–Kier alpha value is -2.77. The van der Waals surface area contributed by atoms with E-state index in [0.29, 0.717) is 78.7 Å². The number of allylic oxidation sites excluding steroid dienone is 2. The zero-order valence-electron chi connectivity index (χ0n) is 30.6. The van der Waals surface area contributed by atoms with Crippen LogP contribution in [-0.4, -0.2) is 45.1 Å². The number of carboxylic acids is 1. The van der Waals surface area contributed by atoms with Crippen LogP contribution in [0.25, 0.3) is 0 Å². The Morgan fingerprint density at radius 3 is 2.47 bits per heavy atom. The lowest BCUT2D eigenvalue weighted by Gasteiger charge is -2.65. The summed E-state index contributed by atoms with van der Waals surface area (Å²) < 4.78 is 0. The molecule has 0 radical (unpaired) electrons. The van der Waals surface area contributed by atoms with E-state index in [2.05, 4.69) is 49.9 Å². The van der Waals surface area contributed by atoms with E-state index in [4.69, 9.17) is 0 Å². The smallest absolute Gasteiger partial charge is 0.306 e. The molecule has 1 aromatic heterocycles. The van der Waals surface area contributed by atoms with Gasteiger partial charge in [0.1, 0.15) is 5.78 Å². The van der Waals surface area contributed by atoms with Gasteiger partial charge in [-0.2, -0.15) is 0 Å². The number of nitrogens with one attached hydrogen (secondary N) is 2. The number of aromatic amines is 1. The molecular weight excluding hydrogens is 614 g/mol. The Balaban J connectivity index is 1.07. The first kappa shape index (κ1) is 34.7. The number of ketones is 2. The number of aromatic nitrogens is 2. The molecule has 0 aromatic carbocycles. The lowest BCUT2D eigenvalue weighted by Crippen LogP contribution is -2.58. The molecule has 11 unspecified atom stereocenters. The Labute approximate surface area is 292 Å². The number of imidazole rings is 1. The summed E-state index contributed by atoms with van der Waals surface area (Å²) in [7, 11) is 0. The van der Waals surface area contributed by atoms with E-state index < -0.39 is 5.97 Å². The van der Waals surface area contributed by atoms with Gasteiger partial charge in [0.15, 0.2) is 11.6 Å². The Morgan fingerprint density at radius 1 is 1.02 bits per heavy atom. The Bertz CT molecular complexity index is 1530. The van der Waals surface area contributed by atoms with Crippen molar-refractivity contribution in [1.82, 2.24) is 15.3 Å². The van der Waals surface area contributed by atoms with Gasteiger partial charge in [0.2, 0.25) is 0 Å². The van der Waals surface area contributed by atoms with Crippen molar-refractivity contribution >= 4 is 23.4 Å². The molecule has 49 heavy (non-hydrogen) atoms. The maximum atomic E-state index is 13.8. The van der Waals surface area contributed by atoms with Gasteiger partial charge in [-0.25, -0.2) is 4.98 Å². The first-order valence-electron chi connectivity index (χ1n) is 19.5. The van der Waals surface area contributed by atoms with E-state index in [1.807, 2.05) is 6.92 Å². The van der Waals surface area contributed by atoms with Crippen molar-refractivity contribution in [2.75, 3.05) is 6.54 Å². The summed E-state index contributed by atoms with van der Waals surface area (Å²) in [5.41, 5.74) is 2.75. The summed E-state index contributed by atoms with van der Waals surface area (Å²) >= 11 is 0. The number of H-pyrrole nitrogens is 1. The standard InChI is InChI=1S/C41H59N3O5/c1-22(2)34-32(46)21-41(15-16-44-37(47)36-42-17-18-43-36)14-12-25-26-8-10-33-39(4,5)24(19-31(45)28-20-29(23(28)3)38(48)49)11-13-40(33,6)30(26)9-7-27(25)35(34)41/h17-18,22-30,33H,7-16,19-21H2,1-6H3,(H,42,43)(H,44,47)(H,48,49). The molecule has 5 fully saturated rings. The molecule has 3 N–H and O–H groups in total. The molecule has 8 heteroatoms. The van der Waals surface area contributed by atoms with E-state index in [-0.39, 0.29) is 45.8 Å². The number of carbonyl (C=O) groups is 4. The fourth-order valence-corrected chi connectivity index (χ4v) is 13.4. The number of Topliss-reactive ketones (excluding diaryl/α,β-unsaturated/α-hetero) is 2. The normalized spacial score (nSPS) is 40.9. The first-order valence-corrected chi connectivity index (χ1v) is 19.5. The lowest BCUT2D eigenvalue weighted by atomic mass is 9.39. The number of amides is 1. The third-order valence-electron chi connectivity index (χ3n) is 15.9. The van der Waals surface area contributed by atoms with E-state index >= 15 is 0 Å². The predicted molar refractivity (Wildman–Crippen MR) is 187 cm³/mol. The van der Waals surface area contributed by atoms with Gasteiger partial charge >= 0.3 is 5.97 Å². The first-order chi connectivity index (χ1) is 23.2. The summed E-state index contributed by atoms with van der Waals surface area (Å²) in [6.07, 6.45) is 15.0.